The summed E-state index contributed by atoms with van der Waals surface area (Å²) in [4.78, 5) is 13.7. The molecule has 2 nitrogen and oxygen atoms in total. The second-order valence-corrected chi connectivity index (χ2v) is 4.56. The second kappa shape index (κ2) is 4.50. The molecule has 1 amide bonds. The van der Waals surface area contributed by atoms with E-state index in [1.807, 2.05) is 4.90 Å². The molecule has 0 radical (unpaired) electrons. The molecule has 0 aromatic rings. The van der Waals surface area contributed by atoms with Crippen LogP contribution in [0.15, 0.2) is 0 Å². The van der Waals surface area contributed by atoms with Crippen molar-refractivity contribution in [3.63, 3.8) is 0 Å². The van der Waals surface area contributed by atoms with Crippen molar-refractivity contribution >= 4 is 5.91 Å². The van der Waals surface area contributed by atoms with E-state index in [2.05, 4.69) is 26.7 Å². The van der Waals surface area contributed by atoms with E-state index >= 15 is 0 Å². The van der Waals surface area contributed by atoms with E-state index in [0.717, 1.165) is 13.0 Å². The van der Waals surface area contributed by atoms with Gasteiger partial charge in [0.05, 0.1) is 6.04 Å². The summed E-state index contributed by atoms with van der Waals surface area (Å²) in [6.07, 6.45) is 7.10. The van der Waals surface area contributed by atoms with Gasteiger partial charge in [-0.2, -0.15) is 0 Å². The summed E-state index contributed by atoms with van der Waals surface area (Å²) in [5, 5.41) is 0. The zero-order valence-corrected chi connectivity index (χ0v) is 9.29. The third-order valence-corrected chi connectivity index (χ3v) is 2.77. The lowest BCUT2D eigenvalue weighted by molar-refractivity contribution is -0.132. The molecule has 2 atom stereocenters. The largest absolute Gasteiger partial charge is 0.329 e. The second-order valence-electron chi connectivity index (χ2n) is 4.56. The number of likely N-dealkylation sites (tertiary alicyclic amines) is 1. The fourth-order valence-corrected chi connectivity index (χ4v) is 1.95. The molecule has 0 spiro atoms. The fraction of sp³-hybridized carbons (Fsp3) is 0.750. The molecule has 1 saturated heterocycles. The van der Waals surface area contributed by atoms with Crippen LogP contribution in [0.1, 0.15) is 33.6 Å². The van der Waals surface area contributed by atoms with Crippen LogP contribution in [0.3, 0.4) is 0 Å². The Morgan fingerprint density at radius 3 is 2.79 bits per heavy atom. The Labute approximate surface area is 86.7 Å². The Morgan fingerprint density at radius 2 is 2.29 bits per heavy atom. The van der Waals surface area contributed by atoms with Gasteiger partial charge in [-0.15, -0.1) is 6.42 Å². The molecule has 0 aromatic carbocycles. The Balaban J connectivity index is 2.61. The number of hydrogen-bond acceptors (Lipinski definition) is 1. The molecule has 2 unspecified atom stereocenters. The van der Waals surface area contributed by atoms with Crippen molar-refractivity contribution in [2.24, 2.45) is 11.8 Å². The highest BCUT2D eigenvalue weighted by atomic mass is 16.2. The van der Waals surface area contributed by atoms with Crippen LogP contribution in [0.4, 0.5) is 0 Å². The van der Waals surface area contributed by atoms with E-state index in [-0.39, 0.29) is 11.9 Å². The summed E-state index contributed by atoms with van der Waals surface area (Å²) in [5.74, 6) is 3.81. The van der Waals surface area contributed by atoms with Crippen molar-refractivity contribution < 1.29 is 4.79 Å². The number of rotatable bonds is 2. The Morgan fingerprint density at radius 1 is 1.64 bits per heavy atom. The summed E-state index contributed by atoms with van der Waals surface area (Å²) in [7, 11) is 0. The van der Waals surface area contributed by atoms with Gasteiger partial charge >= 0.3 is 0 Å². The lowest BCUT2D eigenvalue weighted by Crippen LogP contribution is -2.36. The Bertz CT molecular complexity index is 252. The van der Waals surface area contributed by atoms with Gasteiger partial charge in [0, 0.05) is 13.0 Å². The third-order valence-electron chi connectivity index (χ3n) is 2.77. The van der Waals surface area contributed by atoms with Crippen molar-refractivity contribution in [1.29, 1.82) is 0 Å². The van der Waals surface area contributed by atoms with Gasteiger partial charge in [0.15, 0.2) is 0 Å². The van der Waals surface area contributed by atoms with Crippen molar-refractivity contribution in [1.82, 2.24) is 4.90 Å². The lowest BCUT2D eigenvalue weighted by Gasteiger charge is -2.23. The summed E-state index contributed by atoms with van der Waals surface area (Å²) >= 11 is 0. The zero-order chi connectivity index (χ0) is 10.7. The van der Waals surface area contributed by atoms with Crippen molar-refractivity contribution in [3.05, 3.63) is 0 Å². The first-order valence-electron chi connectivity index (χ1n) is 5.31. The first kappa shape index (κ1) is 11.1. The highest BCUT2D eigenvalue weighted by molar-refractivity contribution is 5.77. The fourth-order valence-electron chi connectivity index (χ4n) is 1.95. The Hall–Kier alpha value is -0.970. The zero-order valence-electron chi connectivity index (χ0n) is 9.29. The van der Waals surface area contributed by atoms with Crippen LogP contribution in [-0.4, -0.2) is 23.4 Å². The number of hydrogen-bond donors (Lipinski definition) is 0. The summed E-state index contributed by atoms with van der Waals surface area (Å²) < 4.78 is 0. The van der Waals surface area contributed by atoms with Gasteiger partial charge in [0.1, 0.15) is 0 Å². The molecule has 1 aliphatic heterocycles. The SMILES string of the molecule is C#CC1C(C)CCN1C(=O)CC(C)C. The Kier molecular flexibility index (Phi) is 3.57. The van der Waals surface area contributed by atoms with Crippen molar-refractivity contribution in [3.8, 4) is 12.3 Å². The maximum atomic E-state index is 11.8. The highest BCUT2D eigenvalue weighted by Crippen LogP contribution is 2.24. The molecule has 0 saturated carbocycles. The van der Waals surface area contributed by atoms with Gasteiger partial charge < -0.3 is 4.90 Å². The van der Waals surface area contributed by atoms with E-state index in [4.69, 9.17) is 6.42 Å². The smallest absolute Gasteiger partial charge is 0.223 e. The third kappa shape index (κ3) is 2.29. The van der Waals surface area contributed by atoms with Gasteiger partial charge in [-0.25, -0.2) is 0 Å². The number of nitrogens with zero attached hydrogens (tertiary/aromatic N) is 1. The maximum absolute atomic E-state index is 11.8. The molecule has 0 aromatic heterocycles. The maximum Gasteiger partial charge on any atom is 0.223 e. The van der Waals surface area contributed by atoms with Crippen LogP contribution in [0, 0.1) is 24.2 Å². The molecule has 1 aliphatic rings. The van der Waals surface area contributed by atoms with Crippen molar-refractivity contribution in [2.75, 3.05) is 6.54 Å². The van der Waals surface area contributed by atoms with E-state index in [1.165, 1.54) is 0 Å². The highest BCUT2D eigenvalue weighted by Gasteiger charge is 2.32. The molecule has 1 fully saturated rings. The number of terminal acetylenes is 1. The van der Waals surface area contributed by atoms with Gasteiger partial charge in [0.2, 0.25) is 5.91 Å². The number of amides is 1. The van der Waals surface area contributed by atoms with Gasteiger partial charge in [-0.1, -0.05) is 26.7 Å². The summed E-state index contributed by atoms with van der Waals surface area (Å²) in [6, 6.07) is 0.0289. The minimum Gasteiger partial charge on any atom is -0.329 e. The van der Waals surface area contributed by atoms with E-state index in [1.54, 1.807) is 0 Å². The van der Waals surface area contributed by atoms with Crippen LogP contribution in [0.5, 0.6) is 0 Å². The summed E-state index contributed by atoms with van der Waals surface area (Å²) in [6.45, 7) is 7.07. The summed E-state index contributed by atoms with van der Waals surface area (Å²) in [5.41, 5.74) is 0. The number of carbonyl (C=O) groups excluding carboxylic acids is 1. The molecule has 1 rings (SSSR count). The monoisotopic (exact) mass is 193 g/mol. The molecule has 78 valence electrons. The van der Waals surface area contributed by atoms with E-state index in [9.17, 15) is 4.79 Å². The molecule has 0 aliphatic carbocycles. The molecular weight excluding hydrogens is 174 g/mol. The van der Waals surface area contributed by atoms with Crippen LogP contribution in [-0.2, 0) is 4.79 Å². The van der Waals surface area contributed by atoms with Crippen LogP contribution in [0.25, 0.3) is 0 Å². The molecule has 0 bridgehead atoms. The molecule has 1 heterocycles. The normalized spacial score (nSPS) is 26.6. The molecule has 14 heavy (non-hydrogen) atoms. The quantitative estimate of drug-likeness (QED) is 0.613. The van der Waals surface area contributed by atoms with Crippen LogP contribution in [0.2, 0.25) is 0 Å². The first-order valence-corrected chi connectivity index (χ1v) is 5.31. The van der Waals surface area contributed by atoms with Crippen LogP contribution < -0.4 is 0 Å². The average Bonchev–Trinajstić information content (AvgIpc) is 2.45. The predicted molar refractivity (Wildman–Crippen MR) is 57.6 cm³/mol. The molecular formula is C12H19NO. The predicted octanol–water partition coefficient (Wildman–Crippen LogP) is 1.90. The lowest BCUT2D eigenvalue weighted by atomic mass is 10.0. The van der Waals surface area contributed by atoms with E-state index < -0.39 is 0 Å². The molecule has 0 N–H and O–H groups in total. The minimum atomic E-state index is 0.0289. The van der Waals surface area contributed by atoms with Gasteiger partial charge in [0.25, 0.3) is 0 Å². The average molecular weight is 193 g/mol. The van der Waals surface area contributed by atoms with Gasteiger partial charge in [-0.3, -0.25) is 4.79 Å². The first-order chi connectivity index (χ1) is 6.56. The minimum absolute atomic E-state index is 0.0289. The standard InChI is InChI=1S/C12H19NO/c1-5-11-10(4)6-7-13(11)12(14)8-9(2)3/h1,9-11H,6-8H2,2-4H3. The molecule has 2 heteroatoms. The number of carbonyl (C=O) groups is 1. The van der Waals surface area contributed by atoms with E-state index in [0.29, 0.717) is 18.3 Å². The van der Waals surface area contributed by atoms with Crippen LogP contribution >= 0.6 is 0 Å². The van der Waals surface area contributed by atoms with Crippen molar-refractivity contribution in [2.45, 2.75) is 39.7 Å². The topological polar surface area (TPSA) is 20.3 Å². The van der Waals surface area contributed by atoms with Gasteiger partial charge in [-0.05, 0) is 18.3 Å².